The summed E-state index contributed by atoms with van der Waals surface area (Å²) in [6.07, 6.45) is 8.23. The first-order chi connectivity index (χ1) is 12.6. The van der Waals surface area contributed by atoms with Crippen LogP contribution in [0.25, 0.3) is 0 Å². The van der Waals surface area contributed by atoms with Crippen molar-refractivity contribution in [2.24, 2.45) is 5.92 Å². The van der Waals surface area contributed by atoms with E-state index < -0.39 is 0 Å². The van der Waals surface area contributed by atoms with Gasteiger partial charge in [-0.1, -0.05) is 12.8 Å². The molecule has 1 unspecified atom stereocenters. The largest absolute Gasteiger partial charge is 0.335 e. The Bertz CT molecular complexity index is 713. The highest BCUT2D eigenvalue weighted by atomic mass is 16.2. The Hall–Kier alpha value is -2.04. The number of benzene rings is 1. The molecule has 0 radical (unpaired) electrons. The zero-order chi connectivity index (χ0) is 18.3. The average Bonchev–Trinajstić information content (AvgIpc) is 3.09. The van der Waals surface area contributed by atoms with Gasteiger partial charge in [0.05, 0.1) is 0 Å². The van der Waals surface area contributed by atoms with Crippen LogP contribution >= 0.6 is 0 Å². The van der Waals surface area contributed by atoms with Crippen molar-refractivity contribution in [2.75, 3.05) is 32.1 Å². The zero-order valence-corrected chi connectivity index (χ0v) is 15.9. The molecule has 0 N–H and O–H groups in total. The summed E-state index contributed by atoms with van der Waals surface area (Å²) in [7, 11) is 3.55. The summed E-state index contributed by atoms with van der Waals surface area (Å²) in [6, 6.07) is 6.33. The third-order valence-electron chi connectivity index (χ3n) is 6.34. The van der Waals surface area contributed by atoms with Gasteiger partial charge in [-0.3, -0.25) is 9.69 Å². The molecule has 1 aliphatic carbocycles. The number of nitrogens with zero attached hydrogens (tertiary/aromatic N) is 3. The number of hydrogen-bond acceptors (Lipinski definition) is 2. The van der Waals surface area contributed by atoms with Crippen LogP contribution in [0.5, 0.6) is 0 Å². The summed E-state index contributed by atoms with van der Waals surface area (Å²) in [4.78, 5) is 31.1. The second-order valence-electron chi connectivity index (χ2n) is 8.17. The van der Waals surface area contributed by atoms with Gasteiger partial charge in [0.1, 0.15) is 0 Å². The highest BCUT2D eigenvalue weighted by Gasteiger charge is 2.36. The van der Waals surface area contributed by atoms with Crippen LogP contribution in [-0.4, -0.2) is 55.0 Å². The van der Waals surface area contributed by atoms with Crippen LogP contribution in [0.3, 0.4) is 0 Å². The van der Waals surface area contributed by atoms with Gasteiger partial charge < -0.3 is 9.80 Å². The molecule has 2 atom stereocenters. The Balaban J connectivity index is 1.55. The fourth-order valence-corrected chi connectivity index (χ4v) is 5.02. The molecule has 3 amide bonds. The molecule has 1 aromatic rings. The molecule has 0 spiro atoms. The van der Waals surface area contributed by atoms with E-state index in [0.29, 0.717) is 18.5 Å². The SMILES string of the molecule is CN(C)C(=O)N1CCc2cc(C(=O)N3CCC[C@H]4CCCCC43)ccc21. The lowest BCUT2D eigenvalue weighted by Crippen LogP contribution is -2.49. The molecule has 5 heteroatoms. The number of piperidine rings is 1. The molecule has 1 aromatic carbocycles. The van der Waals surface area contributed by atoms with Crippen LogP contribution in [0.2, 0.25) is 0 Å². The van der Waals surface area contributed by atoms with Crippen LogP contribution in [0.1, 0.15) is 54.4 Å². The van der Waals surface area contributed by atoms with Gasteiger partial charge in [0.2, 0.25) is 0 Å². The minimum Gasteiger partial charge on any atom is -0.335 e. The van der Waals surface area contributed by atoms with Crippen LogP contribution in [0.4, 0.5) is 10.5 Å². The van der Waals surface area contributed by atoms with Crippen molar-refractivity contribution in [2.45, 2.75) is 51.0 Å². The fourth-order valence-electron chi connectivity index (χ4n) is 5.02. The van der Waals surface area contributed by atoms with Gasteiger partial charge in [-0.15, -0.1) is 0 Å². The smallest absolute Gasteiger partial charge is 0.323 e. The molecule has 0 aromatic heterocycles. The fraction of sp³-hybridized carbons (Fsp3) is 0.619. The second kappa shape index (κ2) is 6.93. The van der Waals surface area contributed by atoms with E-state index in [1.165, 1.54) is 25.7 Å². The van der Waals surface area contributed by atoms with E-state index in [-0.39, 0.29) is 11.9 Å². The summed E-state index contributed by atoms with van der Waals surface area (Å²) < 4.78 is 0. The molecule has 2 heterocycles. The molecule has 5 nitrogen and oxygen atoms in total. The molecule has 140 valence electrons. The lowest BCUT2D eigenvalue weighted by atomic mass is 9.78. The Kier molecular flexibility index (Phi) is 4.63. The molecule has 4 rings (SSSR count). The van der Waals surface area contributed by atoms with E-state index >= 15 is 0 Å². The number of fused-ring (bicyclic) bond motifs is 2. The van der Waals surface area contributed by atoms with E-state index in [2.05, 4.69) is 4.90 Å². The zero-order valence-electron chi connectivity index (χ0n) is 15.9. The van der Waals surface area contributed by atoms with E-state index in [9.17, 15) is 9.59 Å². The van der Waals surface area contributed by atoms with Crippen molar-refractivity contribution in [3.63, 3.8) is 0 Å². The first-order valence-corrected chi connectivity index (χ1v) is 9.99. The third kappa shape index (κ3) is 2.97. The maximum atomic E-state index is 13.2. The molecule has 0 bridgehead atoms. The van der Waals surface area contributed by atoms with E-state index in [4.69, 9.17) is 0 Å². The Morgan fingerprint density at radius 2 is 1.81 bits per heavy atom. The van der Waals surface area contributed by atoms with Crippen LogP contribution in [0.15, 0.2) is 18.2 Å². The monoisotopic (exact) mass is 355 g/mol. The normalized spacial score (nSPS) is 24.8. The van der Waals surface area contributed by atoms with Gasteiger partial charge in [0.25, 0.3) is 5.91 Å². The minimum absolute atomic E-state index is 0.00362. The Morgan fingerprint density at radius 1 is 1.04 bits per heavy atom. The molecule has 1 saturated carbocycles. The molecule has 1 saturated heterocycles. The molecular formula is C21H29N3O2. The Morgan fingerprint density at radius 3 is 2.62 bits per heavy atom. The summed E-state index contributed by atoms with van der Waals surface area (Å²) in [5.41, 5.74) is 2.85. The quantitative estimate of drug-likeness (QED) is 0.773. The molecular weight excluding hydrogens is 326 g/mol. The lowest BCUT2D eigenvalue weighted by Gasteiger charge is -2.44. The summed E-state index contributed by atoms with van der Waals surface area (Å²) >= 11 is 0. The minimum atomic E-state index is 0.00362. The maximum absolute atomic E-state index is 13.2. The maximum Gasteiger partial charge on any atom is 0.323 e. The van der Waals surface area contributed by atoms with E-state index in [1.54, 1.807) is 19.0 Å². The number of carbonyl (C=O) groups excluding carboxylic acids is 2. The van der Waals surface area contributed by atoms with E-state index in [1.807, 2.05) is 23.1 Å². The number of rotatable bonds is 1. The lowest BCUT2D eigenvalue weighted by molar-refractivity contribution is 0.0390. The predicted molar refractivity (Wildman–Crippen MR) is 103 cm³/mol. The number of hydrogen-bond donors (Lipinski definition) is 0. The third-order valence-corrected chi connectivity index (χ3v) is 6.34. The Labute approximate surface area is 155 Å². The van der Waals surface area contributed by atoms with Gasteiger partial charge in [0.15, 0.2) is 0 Å². The van der Waals surface area contributed by atoms with Crippen molar-refractivity contribution in [3.8, 4) is 0 Å². The van der Waals surface area contributed by atoms with Gasteiger partial charge in [-0.25, -0.2) is 4.79 Å². The van der Waals surface area contributed by atoms with Gasteiger partial charge >= 0.3 is 6.03 Å². The molecule has 26 heavy (non-hydrogen) atoms. The molecule has 3 aliphatic rings. The second-order valence-corrected chi connectivity index (χ2v) is 8.17. The number of likely N-dealkylation sites (tertiary alicyclic amines) is 1. The van der Waals surface area contributed by atoms with Crippen LogP contribution in [0, 0.1) is 5.92 Å². The number of carbonyl (C=O) groups is 2. The summed E-state index contributed by atoms with van der Waals surface area (Å²) in [5.74, 6) is 0.880. The van der Waals surface area contributed by atoms with Crippen molar-refractivity contribution >= 4 is 17.6 Å². The summed E-state index contributed by atoms with van der Waals surface area (Å²) in [6.45, 7) is 1.58. The van der Waals surface area contributed by atoms with Crippen molar-refractivity contribution in [1.29, 1.82) is 0 Å². The average molecular weight is 355 g/mol. The highest BCUT2D eigenvalue weighted by molar-refractivity contribution is 5.98. The van der Waals surface area contributed by atoms with Crippen LogP contribution in [-0.2, 0) is 6.42 Å². The van der Waals surface area contributed by atoms with Gasteiger partial charge in [-0.2, -0.15) is 0 Å². The first kappa shape index (κ1) is 17.4. The number of anilines is 1. The van der Waals surface area contributed by atoms with Crippen molar-refractivity contribution < 1.29 is 9.59 Å². The first-order valence-electron chi connectivity index (χ1n) is 9.99. The highest BCUT2D eigenvalue weighted by Crippen LogP contribution is 2.36. The summed E-state index contributed by atoms with van der Waals surface area (Å²) in [5, 5.41) is 0. The van der Waals surface area contributed by atoms with Crippen molar-refractivity contribution in [3.05, 3.63) is 29.3 Å². The van der Waals surface area contributed by atoms with Crippen molar-refractivity contribution in [1.82, 2.24) is 9.80 Å². The molecule has 2 fully saturated rings. The number of urea groups is 1. The standard InChI is InChI=1S/C21H29N3O2/c1-22(2)21(26)24-13-11-16-14-17(9-10-19(16)24)20(25)23-12-5-7-15-6-3-4-8-18(15)23/h9-10,14-15,18H,3-8,11-13H2,1-2H3/t15-,18?/m1/s1. The van der Waals surface area contributed by atoms with E-state index in [0.717, 1.165) is 42.6 Å². The topological polar surface area (TPSA) is 43.9 Å². The van der Waals surface area contributed by atoms with Gasteiger partial charge in [0, 0.05) is 44.5 Å². The predicted octanol–water partition coefficient (Wildman–Crippen LogP) is 3.53. The van der Waals surface area contributed by atoms with Crippen LogP contribution < -0.4 is 4.90 Å². The molecule has 2 aliphatic heterocycles. The number of amides is 3. The van der Waals surface area contributed by atoms with Gasteiger partial charge in [-0.05, 0) is 61.8 Å².